The number of hydrogen-bond donors (Lipinski definition) is 2. The Morgan fingerprint density at radius 3 is 2.28 bits per heavy atom. The molecule has 0 amide bonds. The third-order valence-corrected chi connectivity index (χ3v) is 3.88. The number of carboxylic acids is 1. The van der Waals surface area contributed by atoms with Gasteiger partial charge in [0.2, 0.25) is 0 Å². The zero-order valence-electron chi connectivity index (χ0n) is 14.9. The number of unbranched alkanes of at least 4 members (excludes halogenated alkanes) is 7. The smallest absolute Gasteiger partial charge is 0.376 e. The average Bonchev–Trinajstić information content (AvgIpc) is 2.60. The number of ether oxygens (including phenoxy) is 1. The molecule has 2 N–H and O–H groups in total. The number of aliphatic hydroxyl groups excluding tert-OH is 1. The molecule has 0 radical (unpaired) electrons. The van der Waals surface area contributed by atoms with Crippen LogP contribution in [0.1, 0.15) is 63.9 Å². The van der Waals surface area contributed by atoms with Crippen molar-refractivity contribution in [3.8, 4) is 5.75 Å². The summed E-state index contributed by atoms with van der Waals surface area (Å²) in [7, 11) is 0. The van der Waals surface area contributed by atoms with Crippen LogP contribution in [0.3, 0.4) is 0 Å². The number of carboxylic acid groups (broad SMARTS) is 1. The van der Waals surface area contributed by atoms with Gasteiger partial charge in [-0.25, -0.2) is 4.79 Å². The number of hydrogen-bond acceptors (Lipinski definition) is 4. The van der Waals surface area contributed by atoms with Gasteiger partial charge in [-0.2, -0.15) is 0 Å². The van der Waals surface area contributed by atoms with Crippen LogP contribution in [0.15, 0.2) is 30.3 Å². The van der Waals surface area contributed by atoms with E-state index in [4.69, 9.17) is 9.84 Å². The van der Waals surface area contributed by atoms with E-state index in [2.05, 4.69) is 6.92 Å². The molecule has 5 heteroatoms. The van der Waals surface area contributed by atoms with Crippen LogP contribution in [0.5, 0.6) is 5.75 Å². The first-order valence-electron chi connectivity index (χ1n) is 8.95. The van der Waals surface area contributed by atoms with Gasteiger partial charge in [-0.3, -0.25) is 4.79 Å². The molecule has 1 aromatic rings. The van der Waals surface area contributed by atoms with Crippen molar-refractivity contribution in [1.29, 1.82) is 0 Å². The number of carbonyl (C=O) groups is 2. The molecule has 1 aromatic carbocycles. The van der Waals surface area contributed by atoms with Crippen LogP contribution in [-0.4, -0.2) is 28.6 Å². The summed E-state index contributed by atoms with van der Waals surface area (Å²) in [6.07, 6.45) is 10.5. The standard InChI is InChI=1S/C20H28O5/c1-2-3-4-5-6-7-8-9-13-25-17-12-10-11-16(14-17)18(21)15-19(22)20(23)24/h10-12,14-15,21H,2-9,13H2,1H3,(H,23,24)/b18-15-. The summed E-state index contributed by atoms with van der Waals surface area (Å²) in [4.78, 5) is 21.6. The van der Waals surface area contributed by atoms with E-state index < -0.39 is 11.8 Å². The molecule has 0 aliphatic heterocycles. The molecule has 1 rings (SSSR count). The fraction of sp³-hybridized carbons (Fsp3) is 0.500. The van der Waals surface area contributed by atoms with E-state index in [-0.39, 0.29) is 5.76 Å². The number of benzene rings is 1. The Bertz CT molecular complexity index is 577. The largest absolute Gasteiger partial charge is 0.507 e. The van der Waals surface area contributed by atoms with Gasteiger partial charge in [0.1, 0.15) is 11.5 Å². The zero-order valence-corrected chi connectivity index (χ0v) is 14.9. The summed E-state index contributed by atoms with van der Waals surface area (Å²) in [6.45, 7) is 2.81. The molecule has 0 saturated carbocycles. The van der Waals surface area contributed by atoms with Crippen molar-refractivity contribution in [3.05, 3.63) is 35.9 Å². The molecule has 0 aliphatic carbocycles. The predicted octanol–water partition coefficient (Wildman–Crippen LogP) is 4.76. The van der Waals surface area contributed by atoms with Crippen LogP contribution in [0.4, 0.5) is 0 Å². The normalized spacial score (nSPS) is 11.3. The molecule has 0 unspecified atom stereocenters. The minimum atomic E-state index is -1.60. The van der Waals surface area contributed by atoms with Gasteiger partial charge in [0.15, 0.2) is 0 Å². The van der Waals surface area contributed by atoms with E-state index in [1.165, 1.54) is 38.5 Å². The third-order valence-electron chi connectivity index (χ3n) is 3.88. The highest BCUT2D eigenvalue weighted by molar-refractivity contribution is 6.38. The Hall–Kier alpha value is -2.30. The first kappa shape index (κ1) is 20.7. The molecule has 0 spiro atoms. The summed E-state index contributed by atoms with van der Waals surface area (Å²) < 4.78 is 5.65. The number of carbonyl (C=O) groups excluding carboxylic acids is 1. The van der Waals surface area contributed by atoms with Gasteiger partial charge < -0.3 is 14.9 Å². The molecule has 0 fully saturated rings. The third kappa shape index (κ3) is 8.94. The second-order valence-electron chi connectivity index (χ2n) is 6.05. The van der Waals surface area contributed by atoms with Gasteiger partial charge in [-0.15, -0.1) is 0 Å². The fourth-order valence-electron chi connectivity index (χ4n) is 2.44. The number of rotatable bonds is 13. The van der Waals surface area contributed by atoms with Crippen molar-refractivity contribution >= 4 is 17.5 Å². The van der Waals surface area contributed by atoms with E-state index in [0.29, 0.717) is 24.0 Å². The lowest BCUT2D eigenvalue weighted by atomic mass is 10.1. The summed E-state index contributed by atoms with van der Waals surface area (Å²) >= 11 is 0. The lowest BCUT2D eigenvalue weighted by Crippen LogP contribution is -2.09. The van der Waals surface area contributed by atoms with Crippen molar-refractivity contribution in [1.82, 2.24) is 0 Å². The number of ketones is 1. The maximum absolute atomic E-state index is 11.1. The van der Waals surface area contributed by atoms with Gasteiger partial charge in [-0.05, 0) is 18.6 Å². The van der Waals surface area contributed by atoms with Crippen molar-refractivity contribution in [2.45, 2.75) is 58.3 Å². The molecular weight excluding hydrogens is 320 g/mol. The van der Waals surface area contributed by atoms with Crippen molar-refractivity contribution < 1.29 is 24.5 Å². The van der Waals surface area contributed by atoms with Crippen molar-refractivity contribution in [2.75, 3.05) is 6.61 Å². The van der Waals surface area contributed by atoms with Crippen molar-refractivity contribution in [2.24, 2.45) is 0 Å². The highest BCUT2D eigenvalue weighted by Crippen LogP contribution is 2.19. The average molecular weight is 348 g/mol. The van der Waals surface area contributed by atoms with Gasteiger partial charge >= 0.3 is 5.97 Å². The molecule has 0 aliphatic rings. The summed E-state index contributed by atoms with van der Waals surface area (Å²) in [5, 5.41) is 18.4. The molecule has 0 saturated heterocycles. The predicted molar refractivity (Wildman–Crippen MR) is 97.8 cm³/mol. The topological polar surface area (TPSA) is 83.8 Å². The van der Waals surface area contributed by atoms with E-state index in [1.807, 2.05) is 0 Å². The minimum Gasteiger partial charge on any atom is -0.507 e. The Labute approximate surface area is 149 Å². The van der Waals surface area contributed by atoms with Gasteiger partial charge in [0.05, 0.1) is 6.61 Å². The Morgan fingerprint density at radius 2 is 1.64 bits per heavy atom. The van der Waals surface area contributed by atoms with Crippen LogP contribution >= 0.6 is 0 Å². The molecule has 0 atom stereocenters. The summed E-state index contributed by atoms with van der Waals surface area (Å²) in [6, 6.07) is 6.63. The van der Waals surface area contributed by atoms with Crippen molar-refractivity contribution in [3.63, 3.8) is 0 Å². The lowest BCUT2D eigenvalue weighted by Gasteiger charge is -2.08. The van der Waals surface area contributed by atoms with Crippen LogP contribution < -0.4 is 4.74 Å². The van der Waals surface area contributed by atoms with Gasteiger partial charge in [0.25, 0.3) is 5.78 Å². The quantitative estimate of drug-likeness (QED) is 0.232. The first-order chi connectivity index (χ1) is 12.0. The van der Waals surface area contributed by atoms with E-state index in [9.17, 15) is 14.7 Å². The second kappa shape index (κ2) is 12.1. The Morgan fingerprint density at radius 1 is 1.00 bits per heavy atom. The maximum Gasteiger partial charge on any atom is 0.376 e. The Balaban J connectivity index is 2.34. The molecule has 25 heavy (non-hydrogen) atoms. The molecule has 0 heterocycles. The van der Waals surface area contributed by atoms with E-state index >= 15 is 0 Å². The monoisotopic (exact) mass is 348 g/mol. The molecule has 0 aromatic heterocycles. The number of aliphatic hydroxyl groups is 1. The maximum atomic E-state index is 11.1. The highest BCUT2D eigenvalue weighted by Gasteiger charge is 2.10. The number of aliphatic carboxylic acids is 1. The van der Waals surface area contributed by atoms with Gasteiger partial charge in [0, 0.05) is 11.6 Å². The zero-order chi connectivity index (χ0) is 18.5. The van der Waals surface area contributed by atoms with Crippen LogP contribution in [0.25, 0.3) is 5.76 Å². The second-order valence-corrected chi connectivity index (χ2v) is 6.05. The molecule has 0 bridgehead atoms. The van der Waals surface area contributed by atoms with E-state index in [0.717, 1.165) is 12.8 Å². The minimum absolute atomic E-state index is 0.350. The molecular formula is C20H28O5. The molecule has 5 nitrogen and oxygen atoms in total. The first-order valence-corrected chi connectivity index (χ1v) is 8.95. The van der Waals surface area contributed by atoms with Crippen LogP contribution in [0, 0.1) is 0 Å². The SMILES string of the molecule is CCCCCCCCCCOc1cccc(/C(O)=C/C(=O)C(=O)O)c1. The van der Waals surface area contributed by atoms with E-state index in [1.54, 1.807) is 24.3 Å². The molecule has 138 valence electrons. The summed E-state index contributed by atoms with van der Waals surface area (Å²) in [5.41, 5.74) is 0.350. The Kier molecular flexibility index (Phi) is 10.1. The fourth-order valence-corrected chi connectivity index (χ4v) is 2.44. The lowest BCUT2D eigenvalue weighted by molar-refractivity contribution is -0.146. The van der Waals surface area contributed by atoms with Crippen LogP contribution in [0.2, 0.25) is 0 Å². The summed E-state index contributed by atoms with van der Waals surface area (Å²) in [5.74, 6) is -2.57. The highest BCUT2D eigenvalue weighted by atomic mass is 16.5. The van der Waals surface area contributed by atoms with Crippen LogP contribution in [-0.2, 0) is 9.59 Å². The van der Waals surface area contributed by atoms with Gasteiger partial charge in [-0.1, -0.05) is 64.0 Å².